The summed E-state index contributed by atoms with van der Waals surface area (Å²) in [4.78, 5) is 4.52. The summed E-state index contributed by atoms with van der Waals surface area (Å²) in [7, 11) is 0. The van der Waals surface area contributed by atoms with Crippen LogP contribution in [0.2, 0.25) is 0 Å². The summed E-state index contributed by atoms with van der Waals surface area (Å²) in [6, 6.07) is 4.09. The molecule has 18 heavy (non-hydrogen) atoms. The molecule has 4 heteroatoms. The Morgan fingerprint density at radius 1 is 1.33 bits per heavy atom. The fraction of sp³-hybridized carbons (Fsp3) is 0.500. The fourth-order valence-electron chi connectivity index (χ4n) is 1.96. The molecule has 0 radical (unpaired) electrons. The van der Waals surface area contributed by atoms with Gasteiger partial charge >= 0.3 is 0 Å². The van der Waals surface area contributed by atoms with Crippen LogP contribution in [0, 0.1) is 6.92 Å². The molecule has 2 aromatic rings. The third-order valence-electron chi connectivity index (χ3n) is 3.66. The van der Waals surface area contributed by atoms with E-state index in [4.69, 9.17) is 5.73 Å². The molecule has 0 saturated heterocycles. The van der Waals surface area contributed by atoms with Gasteiger partial charge in [0, 0.05) is 5.54 Å². The zero-order chi connectivity index (χ0) is 13.3. The lowest BCUT2D eigenvalue weighted by molar-refractivity contribution is 0.479. The maximum Gasteiger partial charge on any atom is 0.0907 e. The van der Waals surface area contributed by atoms with Crippen LogP contribution in [0.1, 0.15) is 38.6 Å². The van der Waals surface area contributed by atoms with Crippen LogP contribution in [0.4, 0.5) is 11.4 Å². The van der Waals surface area contributed by atoms with Crippen molar-refractivity contribution in [1.29, 1.82) is 0 Å². The fourth-order valence-corrected chi connectivity index (χ4v) is 2.82. The highest BCUT2D eigenvalue weighted by molar-refractivity contribution is 7.18. The summed E-state index contributed by atoms with van der Waals surface area (Å²) >= 11 is 1.69. The third-order valence-corrected chi connectivity index (χ3v) is 4.60. The SMILES string of the molecule is CCC(C)(CC)Nc1cc2nc(C)sc2cc1N. The van der Waals surface area contributed by atoms with Gasteiger partial charge in [0.2, 0.25) is 0 Å². The van der Waals surface area contributed by atoms with E-state index in [1.165, 1.54) is 0 Å². The van der Waals surface area contributed by atoms with Crippen molar-refractivity contribution >= 4 is 32.9 Å². The number of nitrogens with zero attached hydrogens (tertiary/aromatic N) is 1. The van der Waals surface area contributed by atoms with Crippen molar-refractivity contribution in [2.75, 3.05) is 11.1 Å². The van der Waals surface area contributed by atoms with Crippen molar-refractivity contribution in [1.82, 2.24) is 4.98 Å². The number of anilines is 2. The number of fused-ring (bicyclic) bond motifs is 1. The van der Waals surface area contributed by atoms with Crippen LogP contribution in [-0.2, 0) is 0 Å². The molecule has 0 spiro atoms. The zero-order valence-corrected chi connectivity index (χ0v) is 12.3. The number of benzene rings is 1. The van der Waals surface area contributed by atoms with Gasteiger partial charge in [0.15, 0.2) is 0 Å². The summed E-state index contributed by atoms with van der Waals surface area (Å²) in [5.41, 5.74) is 9.05. The maximum absolute atomic E-state index is 6.13. The van der Waals surface area contributed by atoms with Crippen LogP contribution >= 0.6 is 11.3 Å². The molecule has 98 valence electrons. The van der Waals surface area contributed by atoms with Gasteiger partial charge in [-0.1, -0.05) is 13.8 Å². The lowest BCUT2D eigenvalue weighted by Gasteiger charge is -2.30. The molecule has 0 saturated carbocycles. The predicted octanol–water partition coefficient (Wildman–Crippen LogP) is 4.18. The molecule has 3 N–H and O–H groups in total. The lowest BCUT2D eigenvalue weighted by Crippen LogP contribution is -2.33. The Morgan fingerprint density at radius 3 is 2.61 bits per heavy atom. The van der Waals surface area contributed by atoms with Gasteiger partial charge in [-0.05, 0) is 38.8 Å². The molecule has 0 aliphatic rings. The minimum Gasteiger partial charge on any atom is -0.397 e. The van der Waals surface area contributed by atoms with Crippen LogP contribution in [0.15, 0.2) is 12.1 Å². The van der Waals surface area contributed by atoms with Gasteiger partial charge in [-0.15, -0.1) is 11.3 Å². The number of rotatable bonds is 4. The summed E-state index contributed by atoms with van der Waals surface area (Å²) in [6.45, 7) is 8.63. The highest BCUT2D eigenvalue weighted by Crippen LogP contribution is 2.32. The number of aromatic nitrogens is 1. The topological polar surface area (TPSA) is 50.9 Å². The molecular formula is C14H21N3S. The first-order chi connectivity index (χ1) is 8.47. The van der Waals surface area contributed by atoms with Gasteiger partial charge in [-0.3, -0.25) is 0 Å². The van der Waals surface area contributed by atoms with Gasteiger partial charge in [0.05, 0.1) is 26.6 Å². The second kappa shape index (κ2) is 4.76. The van der Waals surface area contributed by atoms with Crippen LogP contribution in [-0.4, -0.2) is 10.5 Å². The number of thiazole rings is 1. The van der Waals surface area contributed by atoms with E-state index in [9.17, 15) is 0 Å². The van der Waals surface area contributed by atoms with Crippen LogP contribution < -0.4 is 11.1 Å². The van der Waals surface area contributed by atoms with Crippen molar-refractivity contribution in [2.24, 2.45) is 0 Å². The lowest BCUT2D eigenvalue weighted by atomic mass is 9.95. The first-order valence-electron chi connectivity index (χ1n) is 6.42. The number of nitrogens with one attached hydrogen (secondary N) is 1. The van der Waals surface area contributed by atoms with E-state index in [-0.39, 0.29) is 5.54 Å². The highest BCUT2D eigenvalue weighted by Gasteiger charge is 2.20. The number of nitrogens with two attached hydrogens (primary N) is 1. The van der Waals surface area contributed by atoms with E-state index in [2.05, 4.69) is 37.1 Å². The molecule has 1 aromatic heterocycles. The summed E-state index contributed by atoms with van der Waals surface area (Å²) in [6.07, 6.45) is 2.13. The van der Waals surface area contributed by atoms with Crippen molar-refractivity contribution < 1.29 is 0 Å². The molecule has 0 aliphatic carbocycles. The largest absolute Gasteiger partial charge is 0.397 e. The molecule has 0 amide bonds. The minimum atomic E-state index is 0.0901. The molecule has 0 atom stereocenters. The summed E-state index contributed by atoms with van der Waals surface area (Å²) < 4.78 is 1.16. The second-order valence-corrected chi connectivity index (χ2v) is 6.27. The Bertz CT molecular complexity index is 555. The number of hydrogen-bond donors (Lipinski definition) is 2. The first-order valence-corrected chi connectivity index (χ1v) is 7.24. The van der Waals surface area contributed by atoms with Gasteiger partial charge in [0.25, 0.3) is 0 Å². The Labute approximate surface area is 112 Å². The average molecular weight is 263 g/mol. The van der Waals surface area contributed by atoms with Crippen molar-refractivity contribution in [3.05, 3.63) is 17.1 Å². The van der Waals surface area contributed by atoms with Gasteiger partial charge in [-0.25, -0.2) is 4.98 Å². The molecule has 2 rings (SSSR count). The molecular weight excluding hydrogens is 242 g/mol. The van der Waals surface area contributed by atoms with Crippen molar-refractivity contribution in [2.45, 2.75) is 46.1 Å². The van der Waals surface area contributed by atoms with Crippen LogP contribution in [0.5, 0.6) is 0 Å². The normalized spacial score (nSPS) is 12.0. The first kappa shape index (κ1) is 13.1. The summed E-state index contributed by atoms with van der Waals surface area (Å²) in [5.74, 6) is 0. The molecule has 1 heterocycles. The quantitative estimate of drug-likeness (QED) is 0.814. The van der Waals surface area contributed by atoms with Crippen molar-refractivity contribution in [3.8, 4) is 0 Å². The van der Waals surface area contributed by atoms with E-state index in [0.717, 1.165) is 39.4 Å². The highest BCUT2D eigenvalue weighted by atomic mass is 32.1. The Morgan fingerprint density at radius 2 is 2.00 bits per heavy atom. The van der Waals surface area contributed by atoms with Crippen LogP contribution in [0.25, 0.3) is 10.2 Å². The van der Waals surface area contributed by atoms with Gasteiger partial charge in [-0.2, -0.15) is 0 Å². The molecule has 1 aromatic carbocycles. The van der Waals surface area contributed by atoms with E-state index in [1.54, 1.807) is 11.3 Å². The average Bonchev–Trinajstić information content (AvgIpc) is 2.68. The Hall–Kier alpha value is -1.29. The molecule has 0 aliphatic heterocycles. The second-order valence-electron chi connectivity index (χ2n) is 5.03. The predicted molar refractivity (Wildman–Crippen MR) is 81.4 cm³/mol. The number of hydrogen-bond acceptors (Lipinski definition) is 4. The monoisotopic (exact) mass is 263 g/mol. The van der Waals surface area contributed by atoms with Crippen molar-refractivity contribution in [3.63, 3.8) is 0 Å². The van der Waals surface area contributed by atoms with Gasteiger partial charge in [0.1, 0.15) is 0 Å². The van der Waals surface area contributed by atoms with E-state index in [1.807, 2.05) is 13.0 Å². The molecule has 3 nitrogen and oxygen atoms in total. The Balaban J connectivity index is 2.41. The maximum atomic E-state index is 6.13. The molecule has 0 fully saturated rings. The van der Waals surface area contributed by atoms with Gasteiger partial charge < -0.3 is 11.1 Å². The van der Waals surface area contributed by atoms with E-state index >= 15 is 0 Å². The van der Waals surface area contributed by atoms with E-state index < -0.39 is 0 Å². The molecule has 0 bridgehead atoms. The number of nitrogen functional groups attached to an aromatic ring is 1. The number of aryl methyl sites for hydroxylation is 1. The molecule has 0 unspecified atom stereocenters. The smallest absolute Gasteiger partial charge is 0.0907 e. The third kappa shape index (κ3) is 2.43. The zero-order valence-electron chi connectivity index (χ0n) is 11.5. The van der Waals surface area contributed by atoms with Crippen LogP contribution in [0.3, 0.4) is 0 Å². The van der Waals surface area contributed by atoms with E-state index in [0.29, 0.717) is 0 Å². The standard InChI is InChI=1S/C14H21N3S/c1-5-14(4,6-2)17-11-8-12-13(7-10(11)15)18-9(3)16-12/h7-8,17H,5-6,15H2,1-4H3. The Kier molecular flexibility index (Phi) is 3.48. The summed E-state index contributed by atoms with van der Waals surface area (Å²) in [5, 5.41) is 4.64. The minimum absolute atomic E-state index is 0.0901.